The number of carbonyl (C=O) groups is 2. The van der Waals surface area contributed by atoms with Crippen LogP contribution in [0.2, 0.25) is 0 Å². The number of nitrogens with zero attached hydrogens (tertiary/aromatic N) is 2. The second-order valence-electron chi connectivity index (χ2n) is 24.8. The maximum absolute atomic E-state index is 15.0. The van der Waals surface area contributed by atoms with Crippen molar-refractivity contribution in [2.24, 2.45) is 0 Å². The van der Waals surface area contributed by atoms with Crippen LogP contribution in [-0.2, 0) is 10.8 Å². The summed E-state index contributed by atoms with van der Waals surface area (Å²) in [6, 6.07) is 71.0. The predicted octanol–water partition coefficient (Wildman–Crippen LogP) is 21.2. The zero-order valence-corrected chi connectivity index (χ0v) is 48.8. The number of aromatic nitrogens is 1. The van der Waals surface area contributed by atoms with E-state index in [9.17, 15) is 9.59 Å². The summed E-state index contributed by atoms with van der Waals surface area (Å²) in [5.74, 6) is -0.302. The van der Waals surface area contributed by atoms with Crippen LogP contribution in [0.4, 0.5) is 22.7 Å². The molecule has 12 aromatic carbocycles. The molecule has 0 spiro atoms. The number of aromatic amines is 1. The zero-order valence-electron chi connectivity index (χ0n) is 48.8. The standard InChI is InChI=1S/C76H59N3O2.C2H6/c1-41(2)48-17-13-18-49(42(3)4)72(48)79-73(80)59-35-33-55-54-19-14-20-58-68(54)61(56-34-36-60(74(79)81)71(59)70(55)56)40-67-69(58)57-30-25-44(37-66(57)77-67)43-23-26-45(27-24-43)78(46-28-31-52-50-15-9-11-21-62(50)75(5,6)64(52)38-46)47-29-32-53-51-16-10-12-22-63(51)76(7,8)65(53)39-47;1-2/h9-42,77H,1-8H3;1-2H3. The molecule has 404 valence electrons. The first-order valence-electron chi connectivity index (χ1n) is 29.7. The van der Waals surface area contributed by atoms with Crippen molar-refractivity contribution in [3.05, 3.63) is 239 Å². The second-order valence-corrected chi connectivity index (χ2v) is 24.8. The lowest BCUT2D eigenvalue weighted by Crippen LogP contribution is -2.41. The van der Waals surface area contributed by atoms with E-state index in [1.54, 1.807) is 0 Å². The Morgan fingerprint density at radius 1 is 0.373 bits per heavy atom. The zero-order chi connectivity index (χ0) is 57.1. The van der Waals surface area contributed by atoms with E-state index in [0.29, 0.717) is 11.1 Å². The van der Waals surface area contributed by atoms with Gasteiger partial charge in [0.15, 0.2) is 0 Å². The predicted molar refractivity (Wildman–Crippen MR) is 349 cm³/mol. The molecule has 5 nitrogen and oxygen atoms in total. The Labute approximate surface area is 485 Å². The Morgan fingerprint density at radius 2 is 0.843 bits per heavy atom. The molecule has 0 fully saturated rings. The van der Waals surface area contributed by atoms with Gasteiger partial charge >= 0.3 is 0 Å². The Hall–Kier alpha value is -9.32. The molecule has 1 N–H and O–H groups in total. The van der Waals surface area contributed by atoms with E-state index < -0.39 is 0 Å². The molecule has 3 aliphatic rings. The third-order valence-corrected chi connectivity index (χ3v) is 19.0. The summed E-state index contributed by atoms with van der Waals surface area (Å²) in [7, 11) is 0. The number of imide groups is 1. The SMILES string of the molecule is CC.CC(C)c1cccc(C(C)C)c1N1C(=O)c2ccc3c4cccc5c6c(cc(c7ccc(c2c37)C1=O)c45)[nH]c1cc(-c2ccc(N(c3ccc4c(c3)C(C)(C)c3ccccc3-4)c3ccc4c(c3)C(C)(C)c3ccccc3-4)cc2)ccc16. The summed E-state index contributed by atoms with van der Waals surface area (Å²) in [6.07, 6.45) is 0. The van der Waals surface area contributed by atoms with Crippen molar-refractivity contribution in [2.45, 2.75) is 91.9 Å². The molecular weight excluding hydrogens is 1010 g/mol. The quantitative estimate of drug-likeness (QED) is 0.0983. The summed E-state index contributed by atoms with van der Waals surface area (Å²) in [4.78, 5) is 37.7. The van der Waals surface area contributed by atoms with E-state index in [4.69, 9.17) is 0 Å². The smallest absolute Gasteiger partial charge is 0.266 e. The van der Waals surface area contributed by atoms with Crippen LogP contribution in [0.1, 0.15) is 135 Å². The molecule has 1 aliphatic heterocycles. The highest BCUT2D eigenvalue weighted by atomic mass is 16.2. The van der Waals surface area contributed by atoms with E-state index in [1.807, 2.05) is 32.0 Å². The minimum absolute atomic E-state index is 0.119. The number of carbonyl (C=O) groups excluding carboxylic acids is 2. The Kier molecular flexibility index (Phi) is 11.0. The average Bonchev–Trinajstić information content (AvgIpc) is 3.11. The molecule has 16 rings (SSSR count). The first-order valence-corrected chi connectivity index (χ1v) is 29.7. The normalized spacial score (nSPS) is 14.6. The average molecular weight is 1080 g/mol. The van der Waals surface area contributed by atoms with E-state index >= 15 is 0 Å². The number of para-hydroxylation sites is 1. The van der Waals surface area contributed by atoms with E-state index in [0.717, 1.165) is 88.4 Å². The van der Waals surface area contributed by atoms with Gasteiger partial charge in [-0.3, -0.25) is 9.59 Å². The van der Waals surface area contributed by atoms with Crippen LogP contribution >= 0.6 is 0 Å². The summed E-state index contributed by atoms with van der Waals surface area (Å²) < 4.78 is 0. The van der Waals surface area contributed by atoms with Crippen molar-refractivity contribution in [3.63, 3.8) is 0 Å². The van der Waals surface area contributed by atoms with Gasteiger partial charge in [-0.15, -0.1) is 0 Å². The summed E-state index contributed by atoms with van der Waals surface area (Å²) >= 11 is 0. The Morgan fingerprint density at radius 3 is 1.42 bits per heavy atom. The van der Waals surface area contributed by atoms with Crippen LogP contribution in [0, 0.1) is 0 Å². The van der Waals surface area contributed by atoms with Crippen LogP contribution < -0.4 is 9.80 Å². The van der Waals surface area contributed by atoms with Crippen molar-refractivity contribution in [3.8, 4) is 33.4 Å². The molecule has 0 saturated heterocycles. The van der Waals surface area contributed by atoms with Gasteiger partial charge in [0.1, 0.15) is 0 Å². The van der Waals surface area contributed by atoms with Gasteiger partial charge in [-0.05, 0) is 177 Å². The highest BCUT2D eigenvalue weighted by molar-refractivity contribution is 6.44. The van der Waals surface area contributed by atoms with Crippen LogP contribution in [0.3, 0.4) is 0 Å². The van der Waals surface area contributed by atoms with Crippen molar-refractivity contribution in [1.82, 2.24) is 4.98 Å². The Bertz CT molecular complexity index is 4780. The molecule has 0 unspecified atom stereocenters. The monoisotopic (exact) mass is 1080 g/mol. The van der Waals surface area contributed by atoms with Crippen molar-refractivity contribution in [1.29, 1.82) is 0 Å². The van der Waals surface area contributed by atoms with Gasteiger partial charge in [0.05, 0.1) is 5.69 Å². The molecule has 2 aliphatic carbocycles. The van der Waals surface area contributed by atoms with Gasteiger partial charge in [-0.2, -0.15) is 0 Å². The number of fused-ring (bicyclic) bond motifs is 12. The topological polar surface area (TPSA) is 56.4 Å². The van der Waals surface area contributed by atoms with E-state index in [1.165, 1.54) is 71.0 Å². The summed E-state index contributed by atoms with van der Waals surface area (Å²) in [5, 5.41) is 10.7. The van der Waals surface area contributed by atoms with Gasteiger partial charge in [0, 0.05) is 66.2 Å². The third kappa shape index (κ3) is 7.00. The number of nitrogens with one attached hydrogen (secondary N) is 1. The fourth-order valence-electron chi connectivity index (χ4n) is 15.0. The first-order chi connectivity index (χ1) is 40.2. The van der Waals surface area contributed by atoms with Crippen molar-refractivity contribution < 1.29 is 9.59 Å². The van der Waals surface area contributed by atoms with Crippen LogP contribution in [0.25, 0.3) is 98.3 Å². The fourth-order valence-corrected chi connectivity index (χ4v) is 15.0. The number of hydrogen-bond donors (Lipinski definition) is 1. The number of rotatable bonds is 7. The maximum Gasteiger partial charge on any atom is 0.266 e. The number of H-pyrrole nitrogens is 1. The molecule has 0 bridgehead atoms. The van der Waals surface area contributed by atoms with Crippen LogP contribution in [-0.4, -0.2) is 16.8 Å². The van der Waals surface area contributed by atoms with Gasteiger partial charge in [-0.25, -0.2) is 4.90 Å². The van der Waals surface area contributed by atoms with E-state index in [-0.39, 0.29) is 34.5 Å². The molecule has 0 atom stereocenters. The number of hydrogen-bond acceptors (Lipinski definition) is 3. The lowest BCUT2D eigenvalue weighted by atomic mass is 9.82. The third-order valence-electron chi connectivity index (χ3n) is 19.0. The highest BCUT2D eigenvalue weighted by Gasteiger charge is 2.40. The van der Waals surface area contributed by atoms with Crippen LogP contribution in [0.5, 0.6) is 0 Å². The number of anilines is 4. The minimum atomic E-state index is -0.270. The summed E-state index contributed by atoms with van der Waals surface area (Å²) in [5.41, 5.74) is 22.0. The van der Waals surface area contributed by atoms with Crippen LogP contribution in [0.15, 0.2) is 194 Å². The molecule has 83 heavy (non-hydrogen) atoms. The lowest BCUT2D eigenvalue weighted by Gasteiger charge is -2.32. The highest BCUT2D eigenvalue weighted by Crippen LogP contribution is 2.54. The summed E-state index contributed by atoms with van der Waals surface area (Å²) in [6.45, 7) is 21.9. The molecule has 13 aromatic rings. The molecule has 1 aromatic heterocycles. The minimum Gasteiger partial charge on any atom is -0.354 e. The molecule has 5 heteroatoms. The van der Waals surface area contributed by atoms with Gasteiger partial charge < -0.3 is 9.88 Å². The molecule has 0 saturated carbocycles. The lowest BCUT2D eigenvalue weighted by molar-refractivity contribution is 0.0893. The molecule has 2 heterocycles. The second kappa shape index (κ2) is 18.1. The first kappa shape index (κ1) is 50.6. The molecule has 0 radical (unpaired) electrons. The molecule has 2 amide bonds. The van der Waals surface area contributed by atoms with E-state index in [2.05, 4.69) is 241 Å². The largest absolute Gasteiger partial charge is 0.354 e. The van der Waals surface area contributed by atoms with Gasteiger partial charge in [0.25, 0.3) is 11.8 Å². The van der Waals surface area contributed by atoms with Gasteiger partial charge in [0.2, 0.25) is 0 Å². The molecular formula is C78H65N3O2. The fraction of sp³-hybridized carbons (Fsp3) is 0.179. The van der Waals surface area contributed by atoms with Crippen molar-refractivity contribution >= 4 is 99.5 Å². The number of benzene rings is 12. The number of amides is 2. The Balaban J connectivity index is 0.00000291. The van der Waals surface area contributed by atoms with Gasteiger partial charge in [-0.1, -0.05) is 203 Å². The van der Waals surface area contributed by atoms with Crippen molar-refractivity contribution in [2.75, 3.05) is 9.80 Å². The maximum atomic E-state index is 15.0.